The minimum atomic E-state index is -3.96. The van der Waals surface area contributed by atoms with E-state index in [4.69, 9.17) is 16.3 Å². The largest absolute Gasteiger partial charge is 0.497 e. The van der Waals surface area contributed by atoms with Crippen LogP contribution in [0.3, 0.4) is 0 Å². The van der Waals surface area contributed by atoms with Gasteiger partial charge < -0.3 is 4.74 Å². The Balaban J connectivity index is 2.12. The first kappa shape index (κ1) is 20.2. The second kappa shape index (κ2) is 8.20. The lowest BCUT2D eigenvalue weighted by Gasteiger charge is -2.31. The summed E-state index contributed by atoms with van der Waals surface area (Å²) in [6.45, 7) is 1.79. The van der Waals surface area contributed by atoms with Crippen LogP contribution in [0.5, 0.6) is 5.75 Å². The van der Waals surface area contributed by atoms with Crippen LogP contribution in [0.1, 0.15) is 18.5 Å². The Labute approximate surface area is 169 Å². The standard InChI is InChI=1S/C21H19ClFNO3S/c1-15(16-3-5-17(22)6-4-16)24(19-9-11-20(27-2)12-10-19)28(25,26)21-13-7-18(23)8-14-21/h3-15H,1-2H3. The van der Waals surface area contributed by atoms with Gasteiger partial charge >= 0.3 is 0 Å². The Morgan fingerprint density at radius 3 is 2.04 bits per heavy atom. The van der Waals surface area contributed by atoms with E-state index in [0.717, 1.165) is 17.7 Å². The van der Waals surface area contributed by atoms with Gasteiger partial charge in [0.1, 0.15) is 11.6 Å². The number of ether oxygens (including phenoxy) is 1. The number of hydrogen-bond acceptors (Lipinski definition) is 3. The van der Waals surface area contributed by atoms with Crippen LogP contribution in [0.15, 0.2) is 77.7 Å². The van der Waals surface area contributed by atoms with E-state index in [2.05, 4.69) is 0 Å². The van der Waals surface area contributed by atoms with Gasteiger partial charge in [-0.1, -0.05) is 23.7 Å². The van der Waals surface area contributed by atoms with Crippen molar-refractivity contribution in [3.63, 3.8) is 0 Å². The van der Waals surface area contributed by atoms with Crippen LogP contribution in [0, 0.1) is 5.82 Å². The summed E-state index contributed by atoms with van der Waals surface area (Å²) in [5.74, 6) is 0.114. The maximum atomic E-state index is 13.4. The molecule has 28 heavy (non-hydrogen) atoms. The van der Waals surface area contributed by atoms with Crippen molar-refractivity contribution in [2.45, 2.75) is 17.9 Å². The summed E-state index contributed by atoms with van der Waals surface area (Å²) in [6, 6.07) is 18.0. The van der Waals surface area contributed by atoms with Crippen LogP contribution < -0.4 is 9.04 Å². The predicted octanol–water partition coefficient (Wildman–Crippen LogP) is 5.44. The fourth-order valence-electron chi connectivity index (χ4n) is 2.90. The highest BCUT2D eigenvalue weighted by Gasteiger charge is 2.30. The van der Waals surface area contributed by atoms with Gasteiger partial charge in [-0.15, -0.1) is 0 Å². The molecule has 0 N–H and O–H groups in total. The molecule has 3 rings (SSSR count). The fourth-order valence-corrected chi connectivity index (χ4v) is 4.67. The monoisotopic (exact) mass is 419 g/mol. The smallest absolute Gasteiger partial charge is 0.264 e. The van der Waals surface area contributed by atoms with Gasteiger partial charge in [-0.3, -0.25) is 4.31 Å². The van der Waals surface area contributed by atoms with Gasteiger partial charge in [0.2, 0.25) is 0 Å². The van der Waals surface area contributed by atoms with Gasteiger partial charge in [0.05, 0.1) is 23.7 Å². The molecule has 7 heteroatoms. The van der Waals surface area contributed by atoms with Crippen LogP contribution in [0.25, 0.3) is 0 Å². The number of nitrogens with zero attached hydrogens (tertiary/aromatic N) is 1. The average molecular weight is 420 g/mol. The van der Waals surface area contributed by atoms with Crippen molar-refractivity contribution >= 4 is 27.3 Å². The number of rotatable bonds is 6. The lowest BCUT2D eigenvalue weighted by atomic mass is 10.1. The third-order valence-electron chi connectivity index (χ3n) is 4.40. The molecule has 0 spiro atoms. The maximum Gasteiger partial charge on any atom is 0.264 e. The summed E-state index contributed by atoms with van der Waals surface area (Å²) in [5.41, 5.74) is 1.23. The van der Waals surface area contributed by atoms with E-state index in [0.29, 0.717) is 16.5 Å². The van der Waals surface area contributed by atoms with Crippen LogP contribution in [-0.4, -0.2) is 15.5 Å². The topological polar surface area (TPSA) is 46.6 Å². The lowest BCUT2D eigenvalue weighted by molar-refractivity contribution is 0.415. The molecule has 146 valence electrons. The van der Waals surface area contributed by atoms with Crippen molar-refractivity contribution in [2.24, 2.45) is 0 Å². The van der Waals surface area contributed by atoms with Crippen molar-refractivity contribution in [3.05, 3.63) is 89.2 Å². The molecule has 0 bridgehead atoms. The van der Waals surface area contributed by atoms with E-state index in [9.17, 15) is 12.8 Å². The molecule has 0 saturated carbocycles. The number of anilines is 1. The molecule has 1 atom stereocenters. The highest BCUT2D eigenvalue weighted by atomic mass is 35.5. The minimum absolute atomic E-state index is 0.00512. The second-order valence-corrected chi connectivity index (χ2v) is 8.43. The van der Waals surface area contributed by atoms with Crippen molar-refractivity contribution < 1.29 is 17.5 Å². The molecule has 0 aliphatic heterocycles. The summed E-state index contributed by atoms with van der Waals surface area (Å²) in [6.07, 6.45) is 0. The van der Waals surface area contributed by atoms with Crippen molar-refractivity contribution in [3.8, 4) is 5.75 Å². The number of methoxy groups -OCH3 is 1. The average Bonchev–Trinajstić information content (AvgIpc) is 2.69. The van der Waals surface area contributed by atoms with Gasteiger partial charge in [-0.2, -0.15) is 0 Å². The molecule has 0 heterocycles. The highest BCUT2D eigenvalue weighted by molar-refractivity contribution is 7.92. The van der Waals surface area contributed by atoms with E-state index >= 15 is 0 Å². The fraction of sp³-hybridized carbons (Fsp3) is 0.143. The zero-order chi connectivity index (χ0) is 20.3. The van der Waals surface area contributed by atoms with Crippen molar-refractivity contribution in [2.75, 3.05) is 11.4 Å². The van der Waals surface area contributed by atoms with Gasteiger partial charge in [0, 0.05) is 5.02 Å². The first-order valence-corrected chi connectivity index (χ1v) is 10.3. The molecule has 3 aromatic carbocycles. The summed E-state index contributed by atoms with van der Waals surface area (Å²) in [7, 11) is -2.42. The summed E-state index contributed by atoms with van der Waals surface area (Å²) in [4.78, 5) is 0.00512. The Bertz CT molecular complexity index is 1040. The molecular formula is C21H19ClFNO3S. The SMILES string of the molecule is COc1ccc(N(C(C)c2ccc(Cl)cc2)S(=O)(=O)c2ccc(F)cc2)cc1. The Hall–Kier alpha value is -2.57. The van der Waals surface area contributed by atoms with Gasteiger partial charge in [0.25, 0.3) is 10.0 Å². The minimum Gasteiger partial charge on any atom is -0.497 e. The highest BCUT2D eigenvalue weighted by Crippen LogP contribution is 2.34. The quantitative estimate of drug-likeness (QED) is 0.534. The molecule has 0 radical (unpaired) electrons. The summed E-state index contributed by atoms with van der Waals surface area (Å²) < 4.78 is 46.6. The molecule has 0 aliphatic rings. The van der Waals surface area contributed by atoms with Crippen LogP contribution in [0.2, 0.25) is 5.02 Å². The Morgan fingerprint density at radius 1 is 0.929 bits per heavy atom. The molecule has 4 nitrogen and oxygen atoms in total. The maximum absolute atomic E-state index is 13.4. The van der Waals surface area contributed by atoms with E-state index in [-0.39, 0.29) is 4.90 Å². The van der Waals surface area contributed by atoms with Gasteiger partial charge in [0.15, 0.2) is 0 Å². The normalized spacial score (nSPS) is 12.4. The lowest BCUT2D eigenvalue weighted by Crippen LogP contribution is -2.33. The first-order valence-electron chi connectivity index (χ1n) is 8.52. The number of sulfonamides is 1. The Kier molecular flexibility index (Phi) is 5.91. The third-order valence-corrected chi connectivity index (χ3v) is 6.57. The van der Waals surface area contributed by atoms with E-state index < -0.39 is 21.9 Å². The van der Waals surface area contributed by atoms with Crippen LogP contribution in [-0.2, 0) is 10.0 Å². The number of halogens is 2. The van der Waals surface area contributed by atoms with Gasteiger partial charge in [-0.25, -0.2) is 12.8 Å². The molecule has 3 aromatic rings. The van der Waals surface area contributed by atoms with Crippen LogP contribution in [0.4, 0.5) is 10.1 Å². The summed E-state index contributed by atoms with van der Waals surface area (Å²) in [5, 5.41) is 0.563. The van der Waals surface area contributed by atoms with E-state index in [1.54, 1.807) is 62.6 Å². The van der Waals surface area contributed by atoms with E-state index in [1.807, 2.05) is 0 Å². The zero-order valence-corrected chi connectivity index (χ0v) is 16.9. The van der Waals surface area contributed by atoms with Crippen LogP contribution >= 0.6 is 11.6 Å². The molecule has 0 fully saturated rings. The van der Waals surface area contributed by atoms with Gasteiger partial charge in [-0.05, 0) is 73.2 Å². The molecule has 1 unspecified atom stereocenters. The number of hydrogen-bond donors (Lipinski definition) is 0. The zero-order valence-electron chi connectivity index (χ0n) is 15.3. The predicted molar refractivity (Wildman–Crippen MR) is 109 cm³/mol. The van der Waals surface area contributed by atoms with E-state index in [1.165, 1.54) is 16.4 Å². The first-order chi connectivity index (χ1) is 13.3. The second-order valence-electron chi connectivity index (χ2n) is 6.18. The van der Waals surface area contributed by atoms with Crippen molar-refractivity contribution in [1.82, 2.24) is 0 Å². The van der Waals surface area contributed by atoms with Crippen molar-refractivity contribution in [1.29, 1.82) is 0 Å². The summed E-state index contributed by atoms with van der Waals surface area (Å²) >= 11 is 5.97. The molecule has 0 saturated heterocycles. The molecule has 0 aromatic heterocycles. The number of benzene rings is 3. The third kappa shape index (κ3) is 4.13. The Morgan fingerprint density at radius 2 is 1.50 bits per heavy atom. The molecule has 0 amide bonds. The molecule has 0 aliphatic carbocycles. The molecular weight excluding hydrogens is 401 g/mol.